The third kappa shape index (κ3) is 5.83. The van der Waals surface area contributed by atoms with Crippen molar-refractivity contribution >= 4 is 17.7 Å². The van der Waals surface area contributed by atoms with Crippen LogP contribution in [0.5, 0.6) is 0 Å². The largest absolute Gasteiger partial charge is 0.444 e. The zero-order valence-electron chi connectivity index (χ0n) is 12.8. The van der Waals surface area contributed by atoms with E-state index in [2.05, 4.69) is 10.6 Å². The predicted molar refractivity (Wildman–Crippen MR) is 80.0 cm³/mol. The van der Waals surface area contributed by atoms with Gasteiger partial charge in [0.05, 0.1) is 6.61 Å². The Morgan fingerprint density at radius 3 is 2.52 bits per heavy atom. The van der Waals surface area contributed by atoms with Gasteiger partial charge in [0.1, 0.15) is 12.1 Å². The summed E-state index contributed by atoms with van der Waals surface area (Å²) >= 11 is 0. The van der Waals surface area contributed by atoms with Gasteiger partial charge in [-0.3, -0.25) is 4.79 Å². The zero-order valence-corrected chi connectivity index (χ0v) is 12.8. The molecule has 0 atom stereocenters. The first-order valence-electron chi connectivity index (χ1n) is 6.69. The number of hydrogen-bond donors (Lipinski definition) is 3. The number of hydrogen-bond acceptors (Lipinski definition) is 4. The highest BCUT2D eigenvalue weighted by atomic mass is 16.6. The summed E-state index contributed by atoms with van der Waals surface area (Å²) in [6, 6.07) is 5.33. The molecule has 116 valence electrons. The molecule has 0 radical (unpaired) electrons. The van der Waals surface area contributed by atoms with Gasteiger partial charge in [0.15, 0.2) is 0 Å². The normalized spacial score (nSPS) is 10.9. The Labute approximate surface area is 124 Å². The summed E-state index contributed by atoms with van der Waals surface area (Å²) in [6.07, 6.45) is -0.649. The maximum atomic E-state index is 11.8. The fourth-order valence-electron chi connectivity index (χ4n) is 1.69. The first-order chi connectivity index (χ1) is 9.73. The number of benzene rings is 1. The van der Waals surface area contributed by atoms with Crippen LogP contribution in [-0.2, 0) is 16.1 Å². The highest BCUT2D eigenvalue weighted by molar-refractivity contribution is 5.94. The summed E-state index contributed by atoms with van der Waals surface area (Å²) in [5.74, 6) is -0.388. The van der Waals surface area contributed by atoms with Crippen molar-refractivity contribution in [2.24, 2.45) is 0 Å². The maximum absolute atomic E-state index is 11.8. The van der Waals surface area contributed by atoms with E-state index in [0.717, 1.165) is 5.56 Å². The lowest BCUT2D eigenvalue weighted by Crippen LogP contribution is -2.37. The fraction of sp³-hybridized carbons (Fsp3) is 0.467. The number of aliphatic hydroxyl groups excluding tert-OH is 1. The number of aryl methyl sites for hydroxylation is 1. The number of carbonyl (C=O) groups excluding carboxylic acids is 2. The van der Waals surface area contributed by atoms with Gasteiger partial charge in [0, 0.05) is 11.3 Å². The molecular weight excluding hydrogens is 272 g/mol. The zero-order chi connectivity index (χ0) is 16.0. The molecule has 0 aliphatic carbocycles. The average molecular weight is 294 g/mol. The summed E-state index contributed by atoms with van der Waals surface area (Å²) in [7, 11) is 0. The number of anilines is 1. The number of nitrogens with one attached hydrogen (secondary N) is 2. The molecule has 0 heterocycles. The van der Waals surface area contributed by atoms with Crippen molar-refractivity contribution in [1.29, 1.82) is 0 Å². The number of aliphatic hydroxyl groups is 1. The highest BCUT2D eigenvalue weighted by Gasteiger charge is 2.17. The lowest BCUT2D eigenvalue weighted by molar-refractivity contribution is -0.115. The number of amides is 2. The number of alkyl carbamates (subject to hydrolysis) is 1. The van der Waals surface area contributed by atoms with Gasteiger partial charge in [-0.25, -0.2) is 4.79 Å². The van der Waals surface area contributed by atoms with E-state index in [-0.39, 0.29) is 19.1 Å². The predicted octanol–water partition coefficient (Wildman–Crippen LogP) is 1.95. The monoisotopic (exact) mass is 294 g/mol. The van der Waals surface area contributed by atoms with Gasteiger partial charge in [-0.15, -0.1) is 0 Å². The van der Waals surface area contributed by atoms with Crippen LogP contribution in [-0.4, -0.2) is 29.3 Å². The molecule has 0 saturated carbocycles. The second kappa shape index (κ2) is 7.08. The highest BCUT2D eigenvalue weighted by Crippen LogP contribution is 2.19. The molecule has 2 amide bonds. The molecule has 1 aromatic carbocycles. The molecule has 0 unspecified atom stereocenters. The van der Waals surface area contributed by atoms with Crippen molar-refractivity contribution in [3.05, 3.63) is 29.3 Å². The second-order valence-corrected chi connectivity index (χ2v) is 5.66. The smallest absolute Gasteiger partial charge is 0.408 e. The fourth-order valence-corrected chi connectivity index (χ4v) is 1.69. The molecule has 0 aliphatic heterocycles. The molecule has 21 heavy (non-hydrogen) atoms. The van der Waals surface area contributed by atoms with Crippen LogP contribution in [0.25, 0.3) is 0 Å². The van der Waals surface area contributed by atoms with Crippen molar-refractivity contribution in [2.75, 3.05) is 11.9 Å². The summed E-state index contributed by atoms with van der Waals surface area (Å²) in [5, 5.41) is 14.3. The van der Waals surface area contributed by atoms with Crippen LogP contribution in [0.15, 0.2) is 18.2 Å². The van der Waals surface area contributed by atoms with Gasteiger partial charge in [-0.2, -0.15) is 0 Å². The summed E-state index contributed by atoms with van der Waals surface area (Å²) < 4.78 is 5.03. The van der Waals surface area contributed by atoms with E-state index in [4.69, 9.17) is 4.74 Å². The minimum Gasteiger partial charge on any atom is -0.444 e. The van der Waals surface area contributed by atoms with Crippen LogP contribution in [0, 0.1) is 6.92 Å². The molecule has 3 N–H and O–H groups in total. The first-order valence-corrected chi connectivity index (χ1v) is 6.69. The van der Waals surface area contributed by atoms with Crippen molar-refractivity contribution in [2.45, 2.75) is 39.9 Å². The Kier molecular flexibility index (Phi) is 5.72. The van der Waals surface area contributed by atoms with Crippen LogP contribution < -0.4 is 10.6 Å². The van der Waals surface area contributed by atoms with E-state index in [1.165, 1.54) is 0 Å². The molecule has 6 nitrogen and oxygen atoms in total. The van der Waals surface area contributed by atoms with Crippen LogP contribution in [0.4, 0.5) is 10.5 Å². The minimum absolute atomic E-state index is 0.165. The molecule has 0 bridgehead atoms. The van der Waals surface area contributed by atoms with Crippen molar-refractivity contribution in [3.63, 3.8) is 0 Å². The topological polar surface area (TPSA) is 87.7 Å². The standard InChI is InChI=1S/C15H22N2O4/c1-10-6-5-7-12(11(10)9-18)17-13(19)8-16-14(20)21-15(2,3)4/h5-7,18H,8-9H2,1-4H3,(H,16,20)(H,17,19). The van der Waals surface area contributed by atoms with Crippen molar-refractivity contribution in [3.8, 4) is 0 Å². The molecule has 1 rings (SSSR count). The molecule has 6 heteroatoms. The second-order valence-electron chi connectivity index (χ2n) is 5.66. The van der Waals surface area contributed by atoms with E-state index in [1.807, 2.05) is 13.0 Å². The molecule has 0 spiro atoms. The van der Waals surface area contributed by atoms with Crippen LogP contribution in [0.1, 0.15) is 31.9 Å². The number of ether oxygens (including phenoxy) is 1. The van der Waals surface area contributed by atoms with Gasteiger partial charge in [0.2, 0.25) is 5.91 Å². The van der Waals surface area contributed by atoms with Crippen LogP contribution in [0.3, 0.4) is 0 Å². The van der Waals surface area contributed by atoms with Gasteiger partial charge < -0.3 is 20.5 Å². The van der Waals surface area contributed by atoms with Crippen LogP contribution in [0.2, 0.25) is 0 Å². The number of rotatable bonds is 4. The van der Waals surface area contributed by atoms with Gasteiger partial charge in [0.25, 0.3) is 0 Å². The first kappa shape index (κ1) is 17.0. The van der Waals surface area contributed by atoms with E-state index in [0.29, 0.717) is 11.3 Å². The van der Waals surface area contributed by atoms with E-state index in [1.54, 1.807) is 32.9 Å². The van der Waals surface area contributed by atoms with Gasteiger partial charge in [-0.05, 0) is 39.3 Å². The lowest BCUT2D eigenvalue weighted by Gasteiger charge is -2.19. The quantitative estimate of drug-likeness (QED) is 0.792. The average Bonchev–Trinajstić information content (AvgIpc) is 2.35. The third-order valence-corrected chi connectivity index (χ3v) is 2.63. The molecule has 0 saturated heterocycles. The van der Waals surface area contributed by atoms with Gasteiger partial charge >= 0.3 is 6.09 Å². The van der Waals surface area contributed by atoms with E-state index < -0.39 is 11.7 Å². The van der Waals surface area contributed by atoms with Crippen molar-refractivity contribution in [1.82, 2.24) is 5.32 Å². The molecule has 0 aromatic heterocycles. The van der Waals surface area contributed by atoms with Crippen LogP contribution >= 0.6 is 0 Å². The lowest BCUT2D eigenvalue weighted by atomic mass is 10.1. The van der Waals surface area contributed by atoms with Crippen molar-refractivity contribution < 1.29 is 19.4 Å². The Hall–Kier alpha value is -2.08. The summed E-state index contributed by atoms with van der Waals surface area (Å²) in [6.45, 7) is 6.71. The summed E-state index contributed by atoms with van der Waals surface area (Å²) in [4.78, 5) is 23.2. The Morgan fingerprint density at radius 2 is 1.95 bits per heavy atom. The van der Waals surface area contributed by atoms with Gasteiger partial charge in [-0.1, -0.05) is 12.1 Å². The molecule has 1 aromatic rings. The molecule has 0 aliphatic rings. The molecular formula is C15H22N2O4. The summed E-state index contributed by atoms with van der Waals surface area (Å²) in [5.41, 5.74) is 1.47. The third-order valence-electron chi connectivity index (χ3n) is 2.63. The van der Waals surface area contributed by atoms with E-state index in [9.17, 15) is 14.7 Å². The minimum atomic E-state index is -0.649. The SMILES string of the molecule is Cc1cccc(NC(=O)CNC(=O)OC(C)(C)C)c1CO. The molecule has 0 fully saturated rings. The Morgan fingerprint density at radius 1 is 1.29 bits per heavy atom. The van der Waals surface area contributed by atoms with E-state index >= 15 is 0 Å². The maximum Gasteiger partial charge on any atom is 0.408 e. The Balaban J connectivity index is 2.55. The number of carbonyl (C=O) groups is 2. The Bertz CT molecular complexity index is 521.